The van der Waals surface area contributed by atoms with E-state index in [1.807, 2.05) is 5.43 Å². The number of ether oxygens (including phenoxy) is 2. The van der Waals surface area contributed by atoms with Crippen molar-refractivity contribution in [1.82, 2.24) is 5.43 Å². The maximum Gasteiger partial charge on any atom is 0.355 e. The van der Waals surface area contributed by atoms with Gasteiger partial charge in [-0.05, 0) is 0 Å². The number of rotatable bonds is 3. The summed E-state index contributed by atoms with van der Waals surface area (Å²) in [5, 5.41) is 0. The molecule has 0 aromatic rings. The van der Waals surface area contributed by atoms with E-state index in [9.17, 15) is 9.59 Å². The van der Waals surface area contributed by atoms with E-state index in [1.165, 1.54) is 14.2 Å². The van der Waals surface area contributed by atoms with Crippen molar-refractivity contribution >= 4 is 11.9 Å². The van der Waals surface area contributed by atoms with Crippen LogP contribution in [0.3, 0.4) is 0 Å². The van der Waals surface area contributed by atoms with Crippen molar-refractivity contribution in [3.63, 3.8) is 0 Å². The number of carbonyl (C=O) groups excluding carboxylic acids is 2. The highest BCUT2D eigenvalue weighted by Gasteiger charge is 2.09. The van der Waals surface area contributed by atoms with Crippen LogP contribution in [-0.2, 0) is 19.1 Å². The van der Waals surface area contributed by atoms with Crippen LogP contribution in [0.1, 0.15) is 0 Å². The average molecular weight is 174 g/mol. The third kappa shape index (κ3) is 3.02. The van der Waals surface area contributed by atoms with Crippen LogP contribution in [0.15, 0.2) is 11.8 Å². The van der Waals surface area contributed by atoms with E-state index >= 15 is 0 Å². The Morgan fingerprint density at radius 3 is 2.25 bits per heavy atom. The number of esters is 2. The van der Waals surface area contributed by atoms with Gasteiger partial charge in [0.15, 0.2) is 0 Å². The summed E-state index contributed by atoms with van der Waals surface area (Å²) in [4.78, 5) is 21.4. The van der Waals surface area contributed by atoms with Crippen LogP contribution in [0.2, 0.25) is 0 Å². The third-order valence-electron chi connectivity index (χ3n) is 1.02. The lowest BCUT2D eigenvalue weighted by Gasteiger charge is -2.02. The maximum atomic E-state index is 10.8. The van der Waals surface area contributed by atoms with Crippen LogP contribution in [-0.4, -0.2) is 26.2 Å². The van der Waals surface area contributed by atoms with E-state index in [4.69, 9.17) is 5.84 Å². The second kappa shape index (κ2) is 5.14. The molecule has 0 radical (unpaired) electrons. The molecule has 6 heteroatoms. The number of hydrazine groups is 1. The minimum Gasteiger partial charge on any atom is -0.466 e. The van der Waals surface area contributed by atoms with Gasteiger partial charge in [-0.3, -0.25) is 5.84 Å². The van der Waals surface area contributed by atoms with Gasteiger partial charge in [-0.15, -0.1) is 0 Å². The summed E-state index contributed by atoms with van der Waals surface area (Å²) in [5.41, 5.74) is 1.84. The van der Waals surface area contributed by atoms with Crippen LogP contribution in [0.25, 0.3) is 0 Å². The molecule has 0 aromatic carbocycles. The van der Waals surface area contributed by atoms with Gasteiger partial charge in [0.1, 0.15) is 5.70 Å². The average Bonchev–Trinajstić information content (AvgIpc) is 2.12. The Morgan fingerprint density at radius 1 is 1.33 bits per heavy atom. The number of carbonyl (C=O) groups is 2. The van der Waals surface area contributed by atoms with Gasteiger partial charge in [0, 0.05) is 0 Å². The number of methoxy groups -OCH3 is 2. The van der Waals surface area contributed by atoms with Gasteiger partial charge < -0.3 is 14.9 Å². The third-order valence-corrected chi connectivity index (χ3v) is 1.02. The molecular formula is C6H10N2O4. The van der Waals surface area contributed by atoms with Crippen molar-refractivity contribution in [1.29, 1.82) is 0 Å². The van der Waals surface area contributed by atoms with E-state index < -0.39 is 11.9 Å². The molecule has 12 heavy (non-hydrogen) atoms. The van der Waals surface area contributed by atoms with Gasteiger partial charge in [-0.2, -0.15) is 0 Å². The lowest BCUT2D eigenvalue weighted by Crippen LogP contribution is -2.28. The van der Waals surface area contributed by atoms with Crippen molar-refractivity contribution < 1.29 is 19.1 Å². The lowest BCUT2D eigenvalue weighted by atomic mass is 10.4. The molecule has 6 nitrogen and oxygen atoms in total. The predicted molar refractivity (Wildman–Crippen MR) is 39.4 cm³/mol. The second-order valence-corrected chi connectivity index (χ2v) is 1.72. The molecule has 0 amide bonds. The number of nitrogens with two attached hydrogens (primary N) is 1. The zero-order valence-electron chi connectivity index (χ0n) is 6.79. The zero-order valence-corrected chi connectivity index (χ0v) is 6.79. The first-order valence-electron chi connectivity index (χ1n) is 3.00. The van der Waals surface area contributed by atoms with Gasteiger partial charge in [-0.25, -0.2) is 9.59 Å². The smallest absolute Gasteiger partial charge is 0.355 e. The van der Waals surface area contributed by atoms with Crippen LogP contribution in [0.5, 0.6) is 0 Å². The molecule has 0 aliphatic carbocycles. The van der Waals surface area contributed by atoms with Crippen LogP contribution in [0, 0.1) is 0 Å². The SMILES string of the molecule is COC(=O)/C=C(\NN)C(=O)OC. The fourth-order valence-corrected chi connectivity index (χ4v) is 0.446. The topological polar surface area (TPSA) is 90.6 Å². The molecule has 0 saturated heterocycles. The van der Waals surface area contributed by atoms with Gasteiger partial charge in [-0.1, -0.05) is 0 Å². The molecule has 0 saturated carbocycles. The van der Waals surface area contributed by atoms with Crippen LogP contribution in [0.4, 0.5) is 0 Å². The standard InChI is InChI=1S/C6H10N2O4/c1-11-5(9)3-4(8-7)6(10)12-2/h3,8H,7H2,1-2H3/b4-3-. The van der Waals surface area contributed by atoms with E-state index in [0.29, 0.717) is 0 Å². The highest BCUT2D eigenvalue weighted by molar-refractivity contribution is 5.95. The molecule has 0 heterocycles. The fourth-order valence-electron chi connectivity index (χ4n) is 0.446. The van der Waals surface area contributed by atoms with Crippen molar-refractivity contribution in [3.8, 4) is 0 Å². The Balaban J connectivity index is 4.43. The van der Waals surface area contributed by atoms with Crippen LogP contribution < -0.4 is 11.3 Å². The van der Waals surface area contributed by atoms with Gasteiger partial charge in [0.2, 0.25) is 0 Å². The largest absolute Gasteiger partial charge is 0.466 e. The molecule has 0 atom stereocenters. The first-order valence-corrected chi connectivity index (χ1v) is 3.00. The molecule has 3 N–H and O–H groups in total. The molecule has 0 aliphatic heterocycles. The minimum atomic E-state index is -0.733. The zero-order chi connectivity index (χ0) is 9.56. The fraction of sp³-hybridized carbons (Fsp3) is 0.333. The summed E-state index contributed by atoms with van der Waals surface area (Å²) < 4.78 is 8.55. The summed E-state index contributed by atoms with van der Waals surface area (Å²) in [7, 11) is 2.36. The molecule has 0 aliphatic rings. The Bertz CT molecular complexity index is 212. The molecule has 68 valence electrons. The quantitative estimate of drug-likeness (QED) is 0.239. The normalized spacial score (nSPS) is 10.4. The summed E-state index contributed by atoms with van der Waals surface area (Å²) in [6.07, 6.45) is 0.895. The van der Waals surface area contributed by atoms with E-state index in [1.54, 1.807) is 0 Å². The first-order chi connectivity index (χ1) is 5.65. The molecule has 0 aromatic heterocycles. The Kier molecular flexibility index (Phi) is 4.47. The molecular weight excluding hydrogens is 164 g/mol. The van der Waals surface area contributed by atoms with Crippen molar-refractivity contribution in [2.75, 3.05) is 14.2 Å². The number of hydrogen-bond acceptors (Lipinski definition) is 6. The summed E-state index contributed by atoms with van der Waals surface area (Å²) >= 11 is 0. The van der Waals surface area contributed by atoms with Crippen molar-refractivity contribution in [3.05, 3.63) is 11.8 Å². The van der Waals surface area contributed by atoms with Crippen molar-refractivity contribution in [2.45, 2.75) is 0 Å². The summed E-state index contributed by atoms with van der Waals surface area (Å²) in [6, 6.07) is 0. The summed E-state index contributed by atoms with van der Waals surface area (Å²) in [5.74, 6) is 3.51. The Morgan fingerprint density at radius 2 is 1.92 bits per heavy atom. The monoisotopic (exact) mass is 174 g/mol. The van der Waals surface area contributed by atoms with Crippen molar-refractivity contribution in [2.24, 2.45) is 5.84 Å². The first kappa shape index (κ1) is 10.4. The maximum absolute atomic E-state index is 10.8. The van der Waals surface area contributed by atoms with E-state index in [0.717, 1.165) is 6.08 Å². The molecule has 0 unspecified atom stereocenters. The van der Waals surface area contributed by atoms with Gasteiger partial charge >= 0.3 is 11.9 Å². The molecule has 0 bridgehead atoms. The number of nitrogens with one attached hydrogen (secondary N) is 1. The van der Waals surface area contributed by atoms with E-state index in [-0.39, 0.29) is 5.70 Å². The molecule has 0 spiro atoms. The van der Waals surface area contributed by atoms with Crippen LogP contribution >= 0.6 is 0 Å². The highest BCUT2D eigenvalue weighted by Crippen LogP contribution is 1.91. The minimum absolute atomic E-state index is 0.163. The highest BCUT2D eigenvalue weighted by atomic mass is 16.5. The van der Waals surface area contributed by atoms with Gasteiger partial charge in [0.25, 0.3) is 0 Å². The second-order valence-electron chi connectivity index (χ2n) is 1.72. The lowest BCUT2D eigenvalue weighted by molar-refractivity contribution is -0.138. The van der Waals surface area contributed by atoms with Gasteiger partial charge in [0.05, 0.1) is 20.3 Å². The number of hydrogen-bond donors (Lipinski definition) is 2. The molecule has 0 rings (SSSR count). The summed E-state index contributed by atoms with van der Waals surface area (Å²) in [6.45, 7) is 0. The Hall–Kier alpha value is -1.56. The molecule has 0 fully saturated rings. The van der Waals surface area contributed by atoms with E-state index in [2.05, 4.69) is 9.47 Å². The predicted octanol–water partition coefficient (Wildman–Crippen LogP) is -1.32. The Labute approximate surface area is 69.3 Å².